The van der Waals surface area contributed by atoms with Crippen LogP contribution in [0, 0.1) is 5.82 Å². The van der Waals surface area contributed by atoms with Crippen molar-refractivity contribution in [3.63, 3.8) is 0 Å². The summed E-state index contributed by atoms with van der Waals surface area (Å²) in [6.07, 6.45) is -1.19. The zero-order chi connectivity index (χ0) is 10.7. The summed E-state index contributed by atoms with van der Waals surface area (Å²) in [5, 5.41) is 10.5. The van der Waals surface area contributed by atoms with E-state index < -0.39 is 6.09 Å². The van der Waals surface area contributed by atoms with Crippen LogP contribution in [0.1, 0.15) is 25.3 Å². The van der Waals surface area contributed by atoms with Gasteiger partial charge in [-0.15, -0.1) is 0 Å². The molecule has 0 aliphatic heterocycles. The van der Waals surface area contributed by atoms with Gasteiger partial charge in [0.15, 0.2) is 0 Å². The molecule has 3 nitrogen and oxygen atoms in total. The minimum absolute atomic E-state index is 0.0916. The molecule has 0 bridgehead atoms. The van der Waals surface area contributed by atoms with E-state index in [2.05, 4.69) is 5.32 Å². The number of carbonyl (C=O) groups is 1. The Morgan fingerprint density at radius 3 is 2.57 bits per heavy atom. The Morgan fingerprint density at radius 2 is 2.14 bits per heavy atom. The predicted molar refractivity (Wildman–Crippen MR) is 52.1 cm³/mol. The third-order valence-electron chi connectivity index (χ3n) is 1.87. The molecule has 0 aromatic heterocycles. The number of hydrogen-bond donors (Lipinski definition) is 2. The molecular weight excluding hydrogens is 185 g/mol. The Labute approximate surface area is 81.6 Å². The first kappa shape index (κ1) is 10.5. The van der Waals surface area contributed by atoms with E-state index in [4.69, 9.17) is 5.11 Å². The van der Waals surface area contributed by atoms with Crippen LogP contribution >= 0.6 is 0 Å². The second-order valence-electron chi connectivity index (χ2n) is 3.32. The van der Waals surface area contributed by atoms with E-state index in [0.717, 1.165) is 0 Å². The second kappa shape index (κ2) is 4.09. The zero-order valence-electron chi connectivity index (χ0n) is 8.04. The third-order valence-corrected chi connectivity index (χ3v) is 1.87. The Balaban J connectivity index is 2.94. The quantitative estimate of drug-likeness (QED) is 0.765. The summed E-state index contributed by atoms with van der Waals surface area (Å²) >= 11 is 0. The number of hydrogen-bond acceptors (Lipinski definition) is 1. The maximum absolute atomic E-state index is 13.3. The zero-order valence-corrected chi connectivity index (χ0v) is 8.04. The molecule has 0 atom stereocenters. The summed E-state index contributed by atoms with van der Waals surface area (Å²) in [6.45, 7) is 3.76. The highest BCUT2D eigenvalue weighted by atomic mass is 19.1. The van der Waals surface area contributed by atoms with Crippen molar-refractivity contribution in [3.05, 3.63) is 29.6 Å². The predicted octanol–water partition coefficient (Wildman–Crippen LogP) is 3.04. The smallest absolute Gasteiger partial charge is 0.409 e. The van der Waals surface area contributed by atoms with Crippen molar-refractivity contribution < 1.29 is 14.3 Å². The molecule has 0 aliphatic rings. The van der Waals surface area contributed by atoms with Gasteiger partial charge in [-0.2, -0.15) is 0 Å². The van der Waals surface area contributed by atoms with Crippen LogP contribution in [0.25, 0.3) is 0 Å². The van der Waals surface area contributed by atoms with Crippen LogP contribution in [0.4, 0.5) is 14.9 Å². The van der Waals surface area contributed by atoms with Gasteiger partial charge in [0.25, 0.3) is 0 Å². The SMILES string of the molecule is CC(C)c1ccc(NC(=O)O)cc1F. The third kappa shape index (κ3) is 2.45. The van der Waals surface area contributed by atoms with Crippen LogP contribution in [0.3, 0.4) is 0 Å². The monoisotopic (exact) mass is 197 g/mol. The first-order valence-electron chi connectivity index (χ1n) is 4.30. The van der Waals surface area contributed by atoms with Crippen LogP contribution in [-0.4, -0.2) is 11.2 Å². The van der Waals surface area contributed by atoms with Crippen LogP contribution in [0.15, 0.2) is 18.2 Å². The fourth-order valence-corrected chi connectivity index (χ4v) is 1.20. The number of nitrogens with one attached hydrogen (secondary N) is 1. The molecular formula is C10H12FNO2. The maximum Gasteiger partial charge on any atom is 0.409 e. The van der Waals surface area contributed by atoms with E-state index in [1.807, 2.05) is 13.8 Å². The van der Waals surface area contributed by atoms with Crippen molar-refractivity contribution in [1.82, 2.24) is 0 Å². The number of amides is 1. The Hall–Kier alpha value is -1.58. The van der Waals surface area contributed by atoms with Crippen molar-refractivity contribution in [2.75, 3.05) is 5.32 Å². The van der Waals surface area contributed by atoms with E-state index in [1.165, 1.54) is 6.07 Å². The van der Waals surface area contributed by atoms with Gasteiger partial charge < -0.3 is 5.11 Å². The first-order chi connectivity index (χ1) is 6.50. The van der Waals surface area contributed by atoms with Crippen LogP contribution in [0.5, 0.6) is 0 Å². The molecule has 0 unspecified atom stereocenters. The lowest BCUT2D eigenvalue weighted by Crippen LogP contribution is -2.07. The minimum atomic E-state index is -1.19. The molecule has 0 aliphatic carbocycles. The van der Waals surface area contributed by atoms with Gasteiger partial charge in [-0.3, -0.25) is 5.32 Å². The lowest BCUT2D eigenvalue weighted by molar-refractivity contribution is 0.209. The molecule has 0 radical (unpaired) electrons. The van der Waals surface area contributed by atoms with Gasteiger partial charge in [-0.25, -0.2) is 9.18 Å². The first-order valence-corrected chi connectivity index (χ1v) is 4.30. The average molecular weight is 197 g/mol. The van der Waals surface area contributed by atoms with Crippen LogP contribution in [-0.2, 0) is 0 Å². The van der Waals surface area contributed by atoms with E-state index in [0.29, 0.717) is 5.56 Å². The fourth-order valence-electron chi connectivity index (χ4n) is 1.20. The summed E-state index contributed by atoms with van der Waals surface area (Å²) in [5.41, 5.74) is 0.834. The lowest BCUT2D eigenvalue weighted by atomic mass is 10.0. The molecule has 0 fully saturated rings. The summed E-state index contributed by atoms with van der Waals surface area (Å²) in [4.78, 5) is 10.3. The van der Waals surface area contributed by atoms with E-state index in [9.17, 15) is 9.18 Å². The summed E-state index contributed by atoms with van der Waals surface area (Å²) in [6, 6.07) is 4.32. The molecule has 14 heavy (non-hydrogen) atoms. The van der Waals surface area contributed by atoms with E-state index >= 15 is 0 Å². The molecule has 0 spiro atoms. The van der Waals surface area contributed by atoms with Gasteiger partial charge in [-0.1, -0.05) is 19.9 Å². The maximum atomic E-state index is 13.3. The average Bonchev–Trinajstić information content (AvgIpc) is 2.01. The fraction of sp³-hybridized carbons (Fsp3) is 0.300. The molecule has 0 saturated heterocycles. The Bertz CT molecular complexity index is 350. The topological polar surface area (TPSA) is 49.3 Å². The number of benzene rings is 1. The van der Waals surface area contributed by atoms with Crippen molar-refractivity contribution in [1.29, 1.82) is 0 Å². The van der Waals surface area contributed by atoms with Gasteiger partial charge in [0.1, 0.15) is 5.82 Å². The van der Waals surface area contributed by atoms with E-state index in [1.54, 1.807) is 12.1 Å². The van der Waals surface area contributed by atoms with Crippen molar-refractivity contribution >= 4 is 11.8 Å². The minimum Gasteiger partial charge on any atom is -0.465 e. The van der Waals surface area contributed by atoms with Crippen molar-refractivity contribution in [3.8, 4) is 0 Å². The highest BCUT2D eigenvalue weighted by molar-refractivity contribution is 5.82. The number of halogens is 1. The standard InChI is InChI=1S/C10H12FNO2/c1-6(2)8-4-3-7(5-9(8)11)12-10(13)14/h3-6,12H,1-2H3,(H,13,14). The van der Waals surface area contributed by atoms with Gasteiger partial charge in [0.05, 0.1) is 0 Å². The highest BCUT2D eigenvalue weighted by Gasteiger charge is 2.07. The van der Waals surface area contributed by atoms with E-state index in [-0.39, 0.29) is 17.4 Å². The molecule has 1 aromatic carbocycles. The molecule has 0 heterocycles. The summed E-state index contributed by atoms with van der Waals surface area (Å²) < 4.78 is 13.3. The Morgan fingerprint density at radius 1 is 1.50 bits per heavy atom. The molecule has 4 heteroatoms. The van der Waals surface area contributed by atoms with Gasteiger partial charge >= 0.3 is 6.09 Å². The van der Waals surface area contributed by atoms with Crippen molar-refractivity contribution in [2.45, 2.75) is 19.8 Å². The van der Waals surface area contributed by atoms with Gasteiger partial charge in [0, 0.05) is 5.69 Å². The molecule has 0 saturated carbocycles. The normalized spacial score (nSPS) is 10.3. The highest BCUT2D eigenvalue weighted by Crippen LogP contribution is 2.21. The van der Waals surface area contributed by atoms with Crippen LogP contribution in [0.2, 0.25) is 0 Å². The van der Waals surface area contributed by atoms with Gasteiger partial charge in [-0.05, 0) is 23.6 Å². The molecule has 1 amide bonds. The number of anilines is 1. The largest absolute Gasteiger partial charge is 0.465 e. The summed E-state index contributed by atoms with van der Waals surface area (Å²) in [5.74, 6) is -0.292. The van der Waals surface area contributed by atoms with Crippen molar-refractivity contribution in [2.24, 2.45) is 0 Å². The lowest BCUT2D eigenvalue weighted by Gasteiger charge is -2.08. The van der Waals surface area contributed by atoms with Gasteiger partial charge in [0.2, 0.25) is 0 Å². The molecule has 1 rings (SSSR count). The molecule has 76 valence electrons. The number of rotatable bonds is 2. The number of carboxylic acid groups (broad SMARTS) is 1. The summed E-state index contributed by atoms with van der Waals surface area (Å²) in [7, 11) is 0. The molecule has 2 N–H and O–H groups in total. The Kier molecular flexibility index (Phi) is 3.06. The second-order valence-corrected chi connectivity index (χ2v) is 3.32. The van der Waals surface area contributed by atoms with Crippen LogP contribution < -0.4 is 5.32 Å². The molecule has 1 aromatic rings.